The van der Waals surface area contributed by atoms with Crippen LogP contribution >= 0.6 is 12.4 Å². The van der Waals surface area contributed by atoms with Gasteiger partial charge in [-0.05, 0) is 43.5 Å². The van der Waals surface area contributed by atoms with Crippen LogP contribution in [0.1, 0.15) is 24.8 Å². The summed E-state index contributed by atoms with van der Waals surface area (Å²) in [5.74, 6) is 0.202. The third kappa shape index (κ3) is 4.93. The molecule has 1 aliphatic rings. The van der Waals surface area contributed by atoms with Crippen LogP contribution in [0.2, 0.25) is 0 Å². The molecule has 1 aromatic rings. The summed E-state index contributed by atoms with van der Waals surface area (Å²) in [7, 11) is 0. The topological polar surface area (TPSA) is 38.5 Å². The second-order valence-electron chi connectivity index (χ2n) is 4.56. The van der Waals surface area contributed by atoms with Gasteiger partial charge in [0.1, 0.15) is 5.75 Å². The van der Waals surface area contributed by atoms with Crippen molar-refractivity contribution >= 4 is 12.4 Å². The molecule has 3 nitrogen and oxygen atoms in total. The molecule has 0 amide bonds. The SMILES string of the molecule is Cl.N[C@H]1CCCCN1Cc1cccc(OC(F)F)c1. The number of benzene rings is 1. The molecule has 0 aromatic heterocycles. The van der Waals surface area contributed by atoms with Crippen molar-refractivity contribution in [3.05, 3.63) is 29.8 Å². The number of nitrogens with two attached hydrogens (primary N) is 1. The highest BCUT2D eigenvalue weighted by molar-refractivity contribution is 5.85. The number of nitrogens with zero attached hydrogens (tertiary/aromatic N) is 1. The highest BCUT2D eigenvalue weighted by Gasteiger charge is 2.18. The zero-order valence-electron chi connectivity index (χ0n) is 10.6. The lowest BCUT2D eigenvalue weighted by molar-refractivity contribution is -0.0499. The zero-order chi connectivity index (χ0) is 13.0. The van der Waals surface area contributed by atoms with E-state index >= 15 is 0 Å². The molecule has 2 rings (SSSR count). The molecule has 1 heterocycles. The van der Waals surface area contributed by atoms with Crippen molar-refractivity contribution in [2.24, 2.45) is 5.73 Å². The molecule has 1 aliphatic heterocycles. The first-order valence-corrected chi connectivity index (χ1v) is 6.18. The van der Waals surface area contributed by atoms with Crippen LogP contribution in [0.3, 0.4) is 0 Å². The summed E-state index contributed by atoms with van der Waals surface area (Å²) in [5, 5.41) is 0. The number of piperidine rings is 1. The van der Waals surface area contributed by atoms with E-state index < -0.39 is 6.61 Å². The largest absolute Gasteiger partial charge is 0.435 e. The molecule has 0 unspecified atom stereocenters. The second-order valence-corrected chi connectivity index (χ2v) is 4.56. The Morgan fingerprint density at radius 3 is 2.84 bits per heavy atom. The van der Waals surface area contributed by atoms with Crippen molar-refractivity contribution in [1.29, 1.82) is 0 Å². The van der Waals surface area contributed by atoms with Crippen molar-refractivity contribution in [3.63, 3.8) is 0 Å². The maximum absolute atomic E-state index is 12.1. The van der Waals surface area contributed by atoms with Crippen LogP contribution in [-0.2, 0) is 6.54 Å². The summed E-state index contributed by atoms with van der Waals surface area (Å²) >= 11 is 0. The van der Waals surface area contributed by atoms with Crippen molar-refractivity contribution in [1.82, 2.24) is 4.90 Å². The number of ether oxygens (including phenoxy) is 1. The lowest BCUT2D eigenvalue weighted by atomic mass is 10.1. The summed E-state index contributed by atoms with van der Waals surface area (Å²) in [6.45, 7) is -1.14. The fourth-order valence-electron chi connectivity index (χ4n) is 2.27. The molecule has 0 saturated carbocycles. The first kappa shape index (κ1) is 16.1. The van der Waals surface area contributed by atoms with Gasteiger partial charge in [-0.15, -0.1) is 12.4 Å². The van der Waals surface area contributed by atoms with Gasteiger partial charge in [0.05, 0.1) is 6.17 Å². The molecule has 0 bridgehead atoms. The normalized spacial score (nSPS) is 20.1. The molecule has 1 saturated heterocycles. The predicted molar refractivity (Wildman–Crippen MR) is 72.6 cm³/mol. The molecule has 1 aromatic carbocycles. The Morgan fingerprint density at radius 1 is 1.37 bits per heavy atom. The van der Waals surface area contributed by atoms with Crippen LogP contribution < -0.4 is 10.5 Å². The highest BCUT2D eigenvalue weighted by Crippen LogP contribution is 2.20. The Hall–Kier alpha value is -0.910. The van der Waals surface area contributed by atoms with E-state index in [1.54, 1.807) is 12.1 Å². The van der Waals surface area contributed by atoms with Gasteiger partial charge >= 0.3 is 6.61 Å². The Labute approximate surface area is 118 Å². The smallest absolute Gasteiger partial charge is 0.387 e. The maximum Gasteiger partial charge on any atom is 0.387 e. The Bertz CT molecular complexity index is 393. The van der Waals surface area contributed by atoms with Crippen LogP contribution in [0.15, 0.2) is 24.3 Å². The van der Waals surface area contributed by atoms with Gasteiger partial charge in [0.15, 0.2) is 0 Å². The van der Waals surface area contributed by atoms with E-state index in [2.05, 4.69) is 9.64 Å². The molecule has 1 atom stereocenters. The van der Waals surface area contributed by atoms with Crippen molar-refractivity contribution in [3.8, 4) is 5.75 Å². The minimum Gasteiger partial charge on any atom is -0.435 e. The van der Waals surface area contributed by atoms with Crippen LogP contribution in [-0.4, -0.2) is 24.2 Å². The average molecular weight is 293 g/mol. The number of rotatable bonds is 4. The number of likely N-dealkylation sites (tertiary alicyclic amines) is 1. The first-order valence-electron chi connectivity index (χ1n) is 6.18. The Kier molecular flexibility index (Phi) is 6.48. The van der Waals surface area contributed by atoms with Crippen LogP contribution in [0.25, 0.3) is 0 Å². The van der Waals surface area contributed by atoms with E-state index in [4.69, 9.17) is 5.73 Å². The molecular weight excluding hydrogens is 274 g/mol. The zero-order valence-corrected chi connectivity index (χ0v) is 11.4. The Balaban J connectivity index is 0.00000180. The van der Waals surface area contributed by atoms with E-state index in [0.29, 0.717) is 6.54 Å². The quantitative estimate of drug-likeness (QED) is 0.927. The van der Waals surface area contributed by atoms with E-state index in [9.17, 15) is 8.78 Å². The van der Waals surface area contributed by atoms with Crippen molar-refractivity contribution in [2.45, 2.75) is 38.6 Å². The predicted octanol–water partition coefficient (Wildman–Crippen LogP) is 2.98. The monoisotopic (exact) mass is 292 g/mol. The van der Waals surface area contributed by atoms with Gasteiger partial charge in [-0.25, -0.2) is 0 Å². The summed E-state index contributed by atoms with van der Waals surface area (Å²) in [6, 6.07) is 6.81. The van der Waals surface area contributed by atoms with Crippen molar-refractivity contribution < 1.29 is 13.5 Å². The second kappa shape index (κ2) is 7.62. The fraction of sp³-hybridized carbons (Fsp3) is 0.538. The summed E-state index contributed by atoms with van der Waals surface area (Å²) in [6.07, 6.45) is 3.36. The average Bonchev–Trinajstić information content (AvgIpc) is 2.32. The van der Waals surface area contributed by atoms with Crippen LogP contribution in [0, 0.1) is 0 Å². The molecule has 6 heteroatoms. The lowest BCUT2D eigenvalue weighted by Crippen LogP contribution is -2.44. The summed E-state index contributed by atoms with van der Waals surface area (Å²) < 4.78 is 28.6. The van der Waals surface area contributed by atoms with E-state index in [1.807, 2.05) is 6.07 Å². The molecule has 0 radical (unpaired) electrons. The van der Waals surface area contributed by atoms with Gasteiger partial charge in [0, 0.05) is 6.54 Å². The number of hydrogen-bond acceptors (Lipinski definition) is 3. The van der Waals surface area contributed by atoms with Gasteiger partial charge in [-0.2, -0.15) is 8.78 Å². The number of hydrogen-bond donors (Lipinski definition) is 1. The van der Waals surface area contributed by atoms with Gasteiger partial charge in [-0.1, -0.05) is 12.1 Å². The number of halogens is 3. The standard InChI is InChI=1S/C13H18F2N2O.ClH/c14-13(15)18-11-5-3-4-10(8-11)9-17-7-2-1-6-12(17)16;/h3-5,8,12-13H,1-2,6-7,9,16H2;1H/t12-;/m1./s1. The minimum atomic E-state index is -2.78. The van der Waals surface area contributed by atoms with Gasteiger partial charge in [0.25, 0.3) is 0 Å². The van der Waals surface area contributed by atoms with Crippen LogP contribution in [0.4, 0.5) is 8.78 Å². The third-order valence-electron chi connectivity index (χ3n) is 3.17. The molecule has 0 spiro atoms. The molecule has 1 fully saturated rings. The molecule has 19 heavy (non-hydrogen) atoms. The van der Waals surface area contributed by atoms with Gasteiger partial charge < -0.3 is 10.5 Å². The molecular formula is C13H19ClF2N2O. The fourth-order valence-corrected chi connectivity index (χ4v) is 2.27. The molecule has 0 aliphatic carbocycles. The molecule has 2 N–H and O–H groups in total. The first-order chi connectivity index (χ1) is 8.65. The Morgan fingerprint density at radius 2 is 2.16 bits per heavy atom. The van der Waals surface area contributed by atoms with E-state index in [-0.39, 0.29) is 24.3 Å². The maximum atomic E-state index is 12.1. The molecule has 108 valence electrons. The summed E-state index contributed by atoms with van der Waals surface area (Å²) in [4.78, 5) is 2.17. The number of alkyl halides is 2. The van der Waals surface area contributed by atoms with E-state index in [0.717, 1.165) is 31.4 Å². The van der Waals surface area contributed by atoms with Crippen molar-refractivity contribution in [2.75, 3.05) is 6.54 Å². The van der Waals surface area contributed by atoms with Gasteiger partial charge in [0.2, 0.25) is 0 Å². The van der Waals surface area contributed by atoms with Gasteiger partial charge in [-0.3, -0.25) is 4.90 Å². The lowest BCUT2D eigenvalue weighted by Gasteiger charge is -2.33. The third-order valence-corrected chi connectivity index (χ3v) is 3.17. The van der Waals surface area contributed by atoms with E-state index in [1.165, 1.54) is 6.07 Å². The highest BCUT2D eigenvalue weighted by atomic mass is 35.5. The minimum absolute atomic E-state index is 0. The summed E-state index contributed by atoms with van der Waals surface area (Å²) in [5.41, 5.74) is 6.97. The van der Waals surface area contributed by atoms with Crippen LogP contribution in [0.5, 0.6) is 5.75 Å².